The molecule has 0 unspecified atom stereocenters. The van der Waals surface area contributed by atoms with Gasteiger partial charge in [-0.05, 0) is 76.1 Å². The van der Waals surface area contributed by atoms with Crippen molar-refractivity contribution in [3.63, 3.8) is 0 Å². The number of aromatic nitrogens is 16. The van der Waals surface area contributed by atoms with Gasteiger partial charge in [-0.2, -0.15) is 40.6 Å². The lowest BCUT2D eigenvalue weighted by Crippen LogP contribution is -2.45. The van der Waals surface area contributed by atoms with E-state index in [1.165, 1.54) is 37.0 Å². The molecule has 5 fully saturated rings. The van der Waals surface area contributed by atoms with Crippen molar-refractivity contribution in [2.75, 3.05) is 63.6 Å². The lowest BCUT2D eigenvalue weighted by Gasteiger charge is -2.36. The molecule has 2 saturated carbocycles. The zero-order valence-electron chi connectivity index (χ0n) is 45.4. The second-order valence-electron chi connectivity index (χ2n) is 21.6. The van der Waals surface area contributed by atoms with Gasteiger partial charge in [0, 0.05) is 12.1 Å². The number of aliphatic hydroxyl groups excluding tert-OH is 4. The molecule has 0 bridgehead atoms. The standard InChI is InChI=1S/C25H37ClN9O7P.C20H29ClN9O9P/c1-24(2)41-18-16(10-39-25(12-36,43(3,4)37)13-38-11-17-31-33-34-32-17)40-22(19(18)42-24)35-21-15(9-27-35)20(29-23(26)30-21)28-14-7-5-6-8-14;21-19-24-16(23-10-3-1-2-4-10)11-5-22-30(17(11)25-19)18-15(33)14(32)12(39-18)6-38-20(8-31,40(34,35)36)9-37-7-13-26-28-29-27-13/h9,14,16,18-19,22,36H,5-8,10-13H2,1-4H3,(H,28,29,30)(H,31,32,33,34);5,10,12,14-15,18,31-33H,1-4,6-9H2,(H,23,24,25)(H2,34,35,36)(H,26,27,28,29)/t16-,18-,19-,22-,25-;12-,14-,15-,18-,20+/m11/s1. The maximum Gasteiger partial charge on any atom is 0.361 e. The number of rotatable bonds is 24. The van der Waals surface area contributed by atoms with Crippen LogP contribution in [0.2, 0.25) is 10.6 Å². The average molecular weight is 1250 g/mol. The van der Waals surface area contributed by atoms with E-state index in [2.05, 4.69) is 82.0 Å². The first kappa shape index (κ1) is 61.4. The first-order valence-electron chi connectivity index (χ1n) is 26.7. The molecule has 0 radical (unpaired) electrons. The molecule has 5 aliphatic rings. The van der Waals surface area contributed by atoms with Crippen molar-refractivity contribution >= 4 is 71.6 Å². The van der Waals surface area contributed by atoms with E-state index in [-0.39, 0.29) is 54.5 Å². The van der Waals surface area contributed by atoms with Gasteiger partial charge < -0.3 is 83.3 Å². The van der Waals surface area contributed by atoms with Crippen LogP contribution < -0.4 is 10.6 Å². The fraction of sp³-hybridized carbons (Fsp3) is 0.733. The average Bonchev–Trinajstić information content (AvgIpc) is 2.02. The smallest absolute Gasteiger partial charge is 0.361 e. The number of nitrogens with zero attached hydrogens (tertiary/aromatic N) is 14. The highest BCUT2D eigenvalue weighted by Crippen LogP contribution is 2.54. The second-order valence-corrected chi connectivity index (χ2v) is 27.7. The molecule has 11 rings (SSSR count). The maximum atomic E-state index is 13.4. The van der Waals surface area contributed by atoms with E-state index in [1.54, 1.807) is 10.9 Å². The summed E-state index contributed by atoms with van der Waals surface area (Å²) in [6.07, 6.45) is 3.69. The SMILES string of the molecule is CC1(C)O[C@@H]2[C@H](O1)[C@@H](CO[C@@](CO)(COCc1nn[nH]n1)P(C)(C)=O)O[C@H]2n1ncc2c(NC3CCCC3)nc(Cl)nc21.O=P(O)(O)[C@@](CO)(COCc1nn[nH]n1)OC[C@H]1O[C@@H](n2ncc3c(NC4CCCC4)nc(Cl)nc32)[C@H](O)[C@@H]1O. The van der Waals surface area contributed by atoms with Crippen LogP contribution in [-0.2, 0) is 60.2 Å². The van der Waals surface area contributed by atoms with E-state index in [1.807, 2.05) is 13.8 Å². The van der Waals surface area contributed by atoms with Crippen molar-refractivity contribution in [2.45, 2.75) is 156 Å². The lowest BCUT2D eigenvalue weighted by atomic mass is 10.1. The highest BCUT2D eigenvalue weighted by Gasteiger charge is 2.58. The Balaban J connectivity index is 0.000000186. The van der Waals surface area contributed by atoms with Gasteiger partial charge in [-0.15, -0.1) is 20.4 Å². The van der Waals surface area contributed by atoms with E-state index in [0.29, 0.717) is 39.9 Å². The molecule has 38 heteroatoms. The van der Waals surface area contributed by atoms with E-state index in [4.69, 9.17) is 61.1 Å². The third-order valence-corrected chi connectivity index (χ3v) is 19.3. The molecule has 3 aliphatic heterocycles. The first-order valence-corrected chi connectivity index (χ1v) is 31.6. The highest BCUT2D eigenvalue weighted by molar-refractivity contribution is 7.63. The van der Waals surface area contributed by atoms with Crippen molar-refractivity contribution in [3.8, 4) is 0 Å². The van der Waals surface area contributed by atoms with Crippen LogP contribution in [0.5, 0.6) is 0 Å². The number of aromatic amines is 2. The first-order chi connectivity index (χ1) is 39.6. The van der Waals surface area contributed by atoms with Gasteiger partial charge >= 0.3 is 7.60 Å². The number of fused-ring (bicyclic) bond motifs is 3. The summed E-state index contributed by atoms with van der Waals surface area (Å²) in [7, 11) is -8.23. The Labute approximate surface area is 482 Å². The Hall–Kier alpha value is -4.68. The van der Waals surface area contributed by atoms with Crippen molar-refractivity contribution < 1.29 is 77.2 Å². The minimum atomic E-state index is -5.14. The fourth-order valence-corrected chi connectivity index (χ4v) is 12.7. The predicted octanol–water partition coefficient (Wildman–Crippen LogP) is 1.38. The molecule has 6 aromatic heterocycles. The summed E-state index contributed by atoms with van der Waals surface area (Å²) in [5.74, 6) is 0.620. The van der Waals surface area contributed by atoms with E-state index in [9.17, 15) is 39.3 Å². The van der Waals surface area contributed by atoms with Crippen LogP contribution in [0.15, 0.2) is 12.4 Å². The van der Waals surface area contributed by atoms with Crippen molar-refractivity contribution in [2.24, 2.45) is 0 Å². The summed E-state index contributed by atoms with van der Waals surface area (Å²) in [6, 6.07) is 0.542. The number of aliphatic hydroxyl groups is 4. The van der Waals surface area contributed by atoms with E-state index in [0.717, 1.165) is 38.5 Å². The van der Waals surface area contributed by atoms with Crippen LogP contribution >= 0.6 is 37.9 Å². The van der Waals surface area contributed by atoms with Crippen LogP contribution in [-0.4, -0.2) is 229 Å². The quantitative estimate of drug-likeness (QED) is 0.0302. The summed E-state index contributed by atoms with van der Waals surface area (Å²) in [6.45, 7) is 3.12. The Morgan fingerprint density at radius 3 is 1.65 bits per heavy atom. The summed E-state index contributed by atoms with van der Waals surface area (Å²) in [5, 5.41) is 81.2. The zero-order valence-corrected chi connectivity index (χ0v) is 48.7. The molecule has 0 aromatic carbocycles. The molecule has 10 atom stereocenters. The molecular formula is C45H66Cl2N18O16P2. The number of anilines is 2. The Morgan fingerprint density at radius 1 is 0.699 bits per heavy atom. The summed E-state index contributed by atoms with van der Waals surface area (Å²) < 4.78 is 76.0. The van der Waals surface area contributed by atoms with Gasteiger partial charge in [0.15, 0.2) is 46.5 Å². The Morgan fingerprint density at radius 2 is 1.17 bits per heavy atom. The molecule has 9 heterocycles. The minimum absolute atomic E-state index is 0.00612. The normalized spacial score (nSPS) is 26.4. The van der Waals surface area contributed by atoms with Crippen molar-refractivity contribution in [1.29, 1.82) is 0 Å². The van der Waals surface area contributed by atoms with Crippen molar-refractivity contribution in [1.82, 2.24) is 80.7 Å². The summed E-state index contributed by atoms with van der Waals surface area (Å²) in [4.78, 5) is 37.3. The summed E-state index contributed by atoms with van der Waals surface area (Å²) in [5.41, 5.74) is 0.735. The van der Waals surface area contributed by atoms with Gasteiger partial charge in [0.25, 0.3) is 0 Å². The molecule has 3 saturated heterocycles. The van der Waals surface area contributed by atoms with Crippen LogP contribution in [0.3, 0.4) is 0 Å². The second kappa shape index (κ2) is 25.3. The van der Waals surface area contributed by atoms with Gasteiger partial charge in [0.05, 0.1) is 62.8 Å². The monoisotopic (exact) mass is 1250 g/mol. The molecule has 6 aromatic rings. The number of nitrogens with one attached hydrogen (secondary N) is 4. The molecular weight excluding hydrogens is 1180 g/mol. The molecule has 0 amide bonds. The third-order valence-electron chi connectivity index (χ3n) is 15.1. The largest absolute Gasteiger partial charge is 0.393 e. The number of hydrogen-bond acceptors (Lipinski definition) is 28. The Bertz CT molecular complexity index is 3220. The maximum absolute atomic E-state index is 13.4. The third kappa shape index (κ3) is 13.3. The molecule has 83 heavy (non-hydrogen) atoms. The summed E-state index contributed by atoms with van der Waals surface area (Å²) >= 11 is 12.5. The number of tetrazole rings is 2. The molecule has 2 aliphatic carbocycles. The molecule has 10 N–H and O–H groups in total. The minimum Gasteiger partial charge on any atom is -0.393 e. The van der Waals surface area contributed by atoms with Crippen LogP contribution in [0.1, 0.15) is 89.3 Å². The number of H-pyrrole nitrogens is 2. The van der Waals surface area contributed by atoms with Gasteiger partial charge in [-0.1, -0.05) is 36.1 Å². The van der Waals surface area contributed by atoms with Gasteiger partial charge in [-0.3, -0.25) is 4.57 Å². The molecule has 456 valence electrons. The lowest BCUT2D eigenvalue weighted by molar-refractivity contribution is -0.208. The van der Waals surface area contributed by atoms with Crippen LogP contribution in [0.4, 0.5) is 11.6 Å². The molecule has 0 spiro atoms. The number of ether oxygens (including phenoxy) is 8. The van der Waals surface area contributed by atoms with E-state index >= 15 is 0 Å². The number of halogens is 2. The topological polar surface area (TPSA) is 450 Å². The van der Waals surface area contributed by atoms with E-state index < -0.39 is 107 Å². The van der Waals surface area contributed by atoms with Crippen LogP contribution in [0.25, 0.3) is 22.1 Å². The number of hydrogen-bond donors (Lipinski definition) is 10. The fourth-order valence-electron chi connectivity index (χ4n) is 10.5. The Kier molecular flexibility index (Phi) is 18.7. The van der Waals surface area contributed by atoms with Gasteiger partial charge in [0.2, 0.25) is 15.9 Å². The zero-order chi connectivity index (χ0) is 58.9. The van der Waals surface area contributed by atoms with Gasteiger partial charge in [0.1, 0.15) is 68.6 Å². The predicted molar refractivity (Wildman–Crippen MR) is 287 cm³/mol. The molecule has 34 nitrogen and oxygen atoms in total. The highest BCUT2D eigenvalue weighted by atomic mass is 35.5. The van der Waals surface area contributed by atoms with Gasteiger partial charge in [-0.25, -0.2) is 9.36 Å². The van der Waals surface area contributed by atoms with Crippen molar-refractivity contribution in [3.05, 3.63) is 34.6 Å². The van der Waals surface area contributed by atoms with Crippen LogP contribution in [0, 0.1) is 0 Å².